The number of nitrogens with zero attached hydrogens (tertiary/aromatic N) is 4. The van der Waals surface area contributed by atoms with Crippen LogP contribution in [0.2, 0.25) is 0 Å². The molecular formula is C19H26FN5O3S2. The standard InChI is InChI=1S/C19H26FN5O3S2/c1-3-24(4-2)30(27,28)25-11-9-23(10-12-25)13-18(26)22-19-21-17(14-29-19)15-5-7-16(20)8-6-15/h5-8,14H,3-4,9-13H2,1-2H3,(H,21,22,26). The van der Waals surface area contributed by atoms with Crippen molar-refractivity contribution in [1.82, 2.24) is 18.5 Å². The van der Waals surface area contributed by atoms with E-state index in [9.17, 15) is 17.6 Å². The van der Waals surface area contributed by atoms with Gasteiger partial charge in [-0.15, -0.1) is 11.3 Å². The lowest BCUT2D eigenvalue weighted by Crippen LogP contribution is -2.54. The molecule has 0 unspecified atom stereocenters. The van der Waals surface area contributed by atoms with Crippen LogP contribution in [-0.2, 0) is 15.0 Å². The number of thiazole rings is 1. The van der Waals surface area contributed by atoms with Crippen LogP contribution in [0.3, 0.4) is 0 Å². The van der Waals surface area contributed by atoms with Gasteiger partial charge in [-0.3, -0.25) is 9.69 Å². The number of carbonyl (C=O) groups is 1. The molecule has 1 fully saturated rings. The molecule has 0 radical (unpaired) electrons. The maximum atomic E-state index is 13.0. The number of benzene rings is 1. The van der Waals surface area contributed by atoms with Crippen LogP contribution in [0.25, 0.3) is 11.3 Å². The molecule has 1 aromatic heterocycles. The monoisotopic (exact) mass is 455 g/mol. The number of nitrogens with one attached hydrogen (secondary N) is 1. The van der Waals surface area contributed by atoms with Crippen molar-refractivity contribution in [2.24, 2.45) is 0 Å². The summed E-state index contributed by atoms with van der Waals surface area (Å²) < 4.78 is 41.1. The molecule has 0 atom stereocenters. The first-order valence-corrected chi connectivity index (χ1v) is 12.1. The van der Waals surface area contributed by atoms with Crippen LogP contribution >= 0.6 is 11.3 Å². The Balaban J connectivity index is 1.50. The zero-order valence-electron chi connectivity index (χ0n) is 17.0. The number of anilines is 1. The van der Waals surface area contributed by atoms with Gasteiger partial charge in [-0.1, -0.05) is 13.8 Å². The van der Waals surface area contributed by atoms with Crippen LogP contribution in [0.15, 0.2) is 29.6 Å². The van der Waals surface area contributed by atoms with E-state index in [0.29, 0.717) is 50.1 Å². The van der Waals surface area contributed by atoms with Gasteiger partial charge >= 0.3 is 0 Å². The Morgan fingerprint density at radius 2 is 1.80 bits per heavy atom. The highest BCUT2D eigenvalue weighted by Gasteiger charge is 2.31. The Morgan fingerprint density at radius 1 is 1.17 bits per heavy atom. The van der Waals surface area contributed by atoms with Gasteiger partial charge in [-0.2, -0.15) is 17.0 Å². The van der Waals surface area contributed by atoms with Gasteiger partial charge in [0.05, 0.1) is 12.2 Å². The van der Waals surface area contributed by atoms with Crippen molar-refractivity contribution < 1.29 is 17.6 Å². The van der Waals surface area contributed by atoms with E-state index in [2.05, 4.69) is 10.3 Å². The minimum atomic E-state index is -3.44. The fraction of sp³-hybridized carbons (Fsp3) is 0.474. The fourth-order valence-electron chi connectivity index (χ4n) is 3.28. The molecule has 0 aliphatic carbocycles. The maximum absolute atomic E-state index is 13.0. The molecule has 0 saturated carbocycles. The van der Waals surface area contributed by atoms with Gasteiger partial charge in [0.15, 0.2) is 5.13 Å². The Morgan fingerprint density at radius 3 is 2.40 bits per heavy atom. The van der Waals surface area contributed by atoms with Gasteiger partial charge in [0.2, 0.25) is 5.91 Å². The van der Waals surface area contributed by atoms with E-state index in [1.807, 2.05) is 18.7 Å². The van der Waals surface area contributed by atoms with Crippen molar-refractivity contribution in [3.05, 3.63) is 35.5 Å². The molecule has 30 heavy (non-hydrogen) atoms. The van der Waals surface area contributed by atoms with Crippen molar-refractivity contribution in [1.29, 1.82) is 0 Å². The summed E-state index contributed by atoms with van der Waals surface area (Å²) in [4.78, 5) is 18.7. The zero-order valence-corrected chi connectivity index (χ0v) is 18.7. The van der Waals surface area contributed by atoms with Crippen LogP contribution in [0.4, 0.5) is 9.52 Å². The summed E-state index contributed by atoms with van der Waals surface area (Å²) in [5.74, 6) is -0.512. The zero-order chi connectivity index (χ0) is 21.7. The van der Waals surface area contributed by atoms with Crippen LogP contribution in [0, 0.1) is 5.82 Å². The number of halogens is 1. The number of rotatable bonds is 8. The SMILES string of the molecule is CCN(CC)S(=O)(=O)N1CCN(CC(=O)Nc2nc(-c3ccc(F)cc3)cs2)CC1. The molecule has 2 heterocycles. The first-order chi connectivity index (χ1) is 14.3. The average molecular weight is 456 g/mol. The molecule has 1 aliphatic rings. The van der Waals surface area contributed by atoms with E-state index in [1.54, 1.807) is 17.5 Å². The van der Waals surface area contributed by atoms with Gasteiger partial charge in [-0.05, 0) is 24.3 Å². The van der Waals surface area contributed by atoms with Gasteiger partial charge in [0.25, 0.3) is 10.2 Å². The third kappa shape index (κ3) is 5.41. The van der Waals surface area contributed by atoms with Gasteiger partial charge in [0.1, 0.15) is 5.82 Å². The number of carbonyl (C=O) groups excluding carboxylic acids is 1. The third-order valence-electron chi connectivity index (χ3n) is 4.95. The molecule has 1 amide bonds. The summed E-state index contributed by atoms with van der Waals surface area (Å²) in [5.41, 5.74) is 1.45. The Bertz CT molecular complexity index is 953. The second-order valence-corrected chi connectivity index (χ2v) is 9.65. The maximum Gasteiger partial charge on any atom is 0.282 e. The van der Waals surface area contributed by atoms with Crippen LogP contribution < -0.4 is 5.32 Å². The number of hydrogen-bond donors (Lipinski definition) is 1. The van der Waals surface area contributed by atoms with E-state index in [4.69, 9.17) is 0 Å². The van der Waals surface area contributed by atoms with Crippen LogP contribution in [0.1, 0.15) is 13.8 Å². The summed E-state index contributed by atoms with van der Waals surface area (Å²) in [6, 6.07) is 6.02. The van der Waals surface area contributed by atoms with Crippen LogP contribution in [0.5, 0.6) is 0 Å². The number of aromatic nitrogens is 1. The Hall–Kier alpha value is -1.92. The number of piperazine rings is 1. The van der Waals surface area contributed by atoms with E-state index < -0.39 is 10.2 Å². The van der Waals surface area contributed by atoms with Crippen molar-refractivity contribution in [3.63, 3.8) is 0 Å². The highest BCUT2D eigenvalue weighted by atomic mass is 32.2. The molecule has 0 bridgehead atoms. The summed E-state index contributed by atoms with van der Waals surface area (Å²) >= 11 is 1.30. The smallest absolute Gasteiger partial charge is 0.282 e. The molecule has 1 aromatic carbocycles. The number of amides is 1. The van der Waals surface area contributed by atoms with Crippen molar-refractivity contribution in [3.8, 4) is 11.3 Å². The average Bonchev–Trinajstić information content (AvgIpc) is 3.18. The lowest BCUT2D eigenvalue weighted by atomic mass is 10.2. The van der Waals surface area contributed by atoms with E-state index >= 15 is 0 Å². The lowest BCUT2D eigenvalue weighted by molar-refractivity contribution is -0.117. The minimum Gasteiger partial charge on any atom is -0.301 e. The second-order valence-electron chi connectivity index (χ2n) is 6.86. The van der Waals surface area contributed by atoms with Crippen molar-refractivity contribution in [2.75, 3.05) is 51.1 Å². The summed E-state index contributed by atoms with van der Waals surface area (Å²) in [6.45, 7) is 6.40. The molecule has 1 N–H and O–H groups in total. The second kappa shape index (κ2) is 9.92. The van der Waals surface area contributed by atoms with E-state index in [1.165, 1.54) is 32.1 Å². The number of hydrogen-bond acceptors (Lipinski definition) is 6. The summed E-state index contributed by atoms with van der Waals surface area (Å²) in [5, 5.41) is 5.06. The molecule has 0 spiro atoms. The molecule has 2 aromatic rings. The molecule has 8 nitrogen and oxygen atoms in total. The largest absolute Gasteiger partial charge is 0.301 e. The van der Waals surface area contributed by atoms with Gasteiger partial charge in [0, 0.05) is 50.2 Å². The van der Waals surface area contributed by atoms with E-state index in [-0.39, 0.29) is 18.3 Å². The molecule has 11 heteroatoms. The lowest BCUT2D eigenvalue weighted by Gasteiger charge is -2.35. The van der Waals surface area contributed by atoms with Crippen molar-refractivity contribution >= 4 is 32.6 Å². The van der Waals surface area contributed by atoms with Crippen LogP contribution in [-0.4, -0.2) is 78.6 Å². The molecule has 164 valence electrons. The normalized spacial score (nSPS) is 16.1. The topological polar surface area (TPSA) is 85.9 Å². The summed E-state index contributed by atoms with van der Waals surface area (Å²) in [7, 11) is -3.44. The first kappa shape index (κ1) is 22.8. The van der Waals surface area contributed by atoms with Crippen molar-refractivity contribution in [2.45, 2.75) is 13.8 Å². The highest BCUT2D eigenvalue weighted by molar-refractivity contribution is 7.86. The molecule has 1 saturated heterocycles. The first-order valence-electron chi connectivity index (χ1n) is 9.82. The quantitative estimate of drug-likeness (QED) is 0.659. The highest BCUT2D eigenvalue weighted by Crippen LogP contribution is 2.25. The fourth-order valence-corrected chi connectivity index (χ4v) is 5.62. The molecule has 3 rings (SSSR count). The Labute approximate surface area is 180 Å². The molecular weight excluding hydrogens is 429 g/mol. The Kier molecular flexibility index (Phi) is 7.53. The molecule has 1 aliphatic heterocycles. The predicted octanol–water partition coefficient (Wildman–Crippen LogP) is 2.09. The van der Waals surface area contributed by atoms with E-state index in [0.717, 1.165) is 5.56 Å². The predicted molar refractivity (Wildman–Crippen MR) is 116 cm³/mol. The van der Waals surface area contributed by atoms with Gasteiger partial charge < -0.3 is 5.32 Å². The summed E-state index contributed by atoms with van der Waals surface area (Å²) in [6.07, 6.45) is 0. The minimum absolute atomic E-state index is 0.171. The third-order valence-corrected chi connectivity index (χ3v) is 7.89. The van der Waals surface area contributed by atoms with Gasteiger partial charge in [-0.25, -0.2) is 9.37 Å².